The number of aromatic amines is 2. The molecule has 0 aliphatic carbocycles. The first kappa shape index (κ1) is 36.6. The van der Waals surface area contributed by atoms with E-state index in [2.05, 4.69) is 95.1 Å². The minimum atomic E-state index is -0.627. The SMILES string of the molecule is CCC[C@H]1CC(c2nc3c(ccc4cc5c(cc43)OCc3cc(-c4cnc(C6CC[C@H](C)N6C(=O)CC(C)CC)[nH]4)ccc3-5)[nH]2)N(C(=O)CNC(=O)OC)C1. The summed E-state index contributed by atoms with van der Waals surface area (Å²) in [6.07, 6.45) is 7.56. The summed E-state index contributed by atoms with van der Waals surface area (Å²) in [5.74, 6) is 3.18. The van der Waals surface area contributed by atoms with E-state index in [0.717, 1.165) is 106 Å². The fourth-order valence-electron chi connectivity index (χ4n) is 8.90. The zero-order chi connectivity index (χ0) is 38.4. The fraction of sp³-hybridized carbons (Fsp3) is 0.465. The van der Waals surface area contributed by atoms with Gasteiger partial charge in [0.15, 0.2) is 0 Å². The average Bonchev–Trinajstić information content (AvgIpc) is 4.01. The number of H-pyrrole nitrogens is 2. The van der Waals surface area contributed by atoms with Crippen molar-refractivity contribution < 1.29 is 23.9 Å². The van der Waals surface area contributed by atoms with Crippen LogP contribution in [0.5, 0.6) is 5.75 Å². The number of benzene rings is 3. The van der Waals surface area contributed by atoms with Gasteiger partial charge in [0.05, 0.1) is 42.1 Å². The molecule has 8 rings (SSSR count). The highest BCUT2D eigenvalue weighted by Crippen LogP contribution is 2.44. The third kappa shape index (κ3) is 6.91. The Morgan fingerprint density at radius 1 is 1.02 bits per heavy atom. The van der Waals surface area contributed by atoms with Crippen LogP contribution in [0.4, 0.5) is 4.79 Å². The van der Waals surface area contributed by atoms with Gasteiger partial charge in [-0.3, -0.25) is 9.59 Å². The van der Waals surface area contributed by atoms with Crippen molar-refractivity contribution >= 4 is 39.7 Å². The molecule has 3 aliphatic heterocycles. The fourth-order valence-corrected chi connectivity index (χ4v) is 8.90. The van der Waals surface area contributed by atoms with Crippen molar-refractivity contribution in [1.29, 1.82) is 0 Å². The van der Waals surface area contributed by atoms with Gasteiger partial charge in [0, 0.05) is 30.0 Å². The van der Waals surface area contributed by atoms with E-state index in [9.17, 15) is 14.4 Å². The van der Waals surface area contributed by atoms with Crippen molar-refractivity contribution in [1.82, 2.24) is 35.1 Å². The van der Waals surface area contributed by atoms with E-state index in [0.29, 0.717) is 31.4 Å². The van der Waals surface area contributed by atoms with E-state index in [1.165, 1.54) is 7.11 Å². The van der Waals surface area contributed by atoms with Crippen LogP contribution in [0.1, 0.15) is 102 Å². The Kier molecular flexibility index (Phi) is 10.00. The smallest absolute Gasteiger partial charge is 0.407 e. The van der Waals surface area contributed by atoms with Gasteiger partial charge in [-0.25, -0.2) is 14.8 Å². The summed E-state index contributed by atoms with van der Waals surface area (Å²) in [5, 5.41) is 4.57. The molecule has 2 aromatic heterocycles. The van der Waals surface area contributed by atoms with Crippen molar-refractivity contribution in [2.24, 2.45) is 11.8 Å². The molecule has 5 atom stereocenters. The van der Waals surface area contributed by atoms with E-state index in [1.54, 1.807) is 0 Å². The van der Waals surface area contributed by atoms with E-state index < -0.39 is 6.09 Å². The second-order valence-electron chi connectivity index (χ2n) is 15.8. The number of imidazole rings is 2. The molecule has 0 saturated carbocycles. The molecule has 3 N–H and O–H groups in total. The Balaban J connectivity index is 1.05. The van der Waals surface area contributed by atoms with Crippen LogP contribution in [0.3, 0.4) is 0 Å². The number of methoxy groups -OCH3 is 1. The van der Waals surface area contributed by atoms with Crippen molar-refractivity contribution in [3.05, 3.63) is 65.9 Å². The van der Waals surface area contributed by atoms with Gasteiger partial charge in [-0.1, -0.05) is 51.8 Å². The van der Waals surface area contributed by atoms with Gasteiger partial charge in [-0.05, 0) is 90.8 Å². The highest BCUT2D eigenvalue weighted by molar-refractivity contribution is 6.07. The number of carbonyl (C=O) groups is 3. The maximum Gasteiger partial charge on any atom is 0.407 e. The van der Waals surface area contributed by atoms with Gasteiger partial charge in [-0.15, -0.1) is 0 Å². The molecule has 5 aromatic rings. The van der Waals surface area contributed by atoms with E-state index in [-0.39, 0.29) is 36.5 Å². The van der Waals surface area contributed by atoms with Crippen LogP contribution in [0.15, 0.2) is 48.7 Å². The molecule has 5 heterocycles. The topological polar surface area (TPSA) is 146 Å². The molecule has 288 valence electrons. The second kappa shape index (κ2) is 15.0. The average molecular weight is 746 g/mol. The molecule has 0 spiro atoms. The molecule has 3 aromatic carbocycles. The molecule has 12 heteroatoms. The minimum Gasteiger partial charge on any atom is -0.488 e. The summed E-state index contributed by atoms with van der Waals surface area (Å²) >= 11 is 0. The van der Waals surface area contributed by atoms with Gasteiger partial charge >= 0.3 is 6.09 Å². The molecular formula is C43H51N7O5. The molecule has 3 amide bonds. The van der Waals surface area contributed by atoms with Crippen molar-refractivity contribution in [3.8, 4) is 28.1 Å². The molecule has 12 nitrogen and oxygen atoms in total. The Morgan fingerprint density at radius 3 is 2.67 bits per heavy atom. The number of hydrogen-bond acceptors (Lipinski definition) is 7. The molecule has 2 fully saturated rings. The number of amides is 3. The van der Waals surface area contributed by atoms with E-state index in [1.807, 2.05) is 11.1 Å². The number of ether oxygens (including phenoxy) is 2. The summed E-state index contributed by atoms with van der Waals surface area (Å²) in [4.78, 5) is 59.2. The van der Waals surface area contributed by atoms with Gasteiger partial charge < -0.3 is 34.6 Å². The van der Waals surface area contributed by atoms with Crippen LogP contribution < -0.4 is 10.1 Å². The lowest BCUT2D eigenvalue weighted by Crippen LogP contribution is -2.40. The normalized spacial score (nSPS) is 21.0. The number of alkyl carbamates (subject to hydrolysis) is 1. The number of nitrogens with zero attached hydrogens (tertiary/aromatic N) is 4. The Labute approximate surface area is 321 Å². The summed E-state index contributed by atoms with van der Waals surface area (Å²) in [6.45, 7) is 9.51. The number of aromatic nitrogens is 4. The monoisotopic (exact) mass is 745 g/mol. The van der Waals surface area contributed by atoms with Crippen LogP contribution in [-0.4, -0.2) is 73.9 Å². The lowest BCUT2D eigenvalue weighted by Gasteiger charge is -2.28. The van der Waals surface area contributed by atoms with Crippen molar-refractivity contribution in [3.63, 3.8) is 0 Å². The number of fused-ring (bicyclic) bond motifs is 6. The zero-order valence-corrected chi connectivity index (χ0v) is 32.4. The highest BCUT2D eigenvalue weighted by atomic mass is 16.5. The first-order chi connectivity index (χ1) is 26.6. The zero-order valence-electron chi connectivity index (χ0n) is 32.4. The van der Waals surface area contributed by atoms with Crippen LogP contribution in [0, 0.1) is 11.8 Å². The summed E-state index contributed by atoms with van der Waals surface area (Å²) in [7, 11) is 1.29. The van der Waals surface area contributed by atoms with Crippen LogP contribution in [0.25, 0.3) is 44.2 Å². The summed E-state index contributed by atoms with van der Waals surface area (Å²) in [6, 6.07) is 14.8. The van der Waals surface area contributed by atoms with Crippen LogP contribution in [0.2, 0.25) is 0 Å². The van der Waals surface area contributed by atoms with E-state index >= 15 is 0 Å². The number of hydrogen-bond donors (Lipinski definition) is 3. The quantitative estimate of drug-likeness (QED) is 0.131. The molecular weight excluding hydrogens is 695 g/mol. The number of carbonyl (C=O) groups excluding carboxylic acids is 3. The first-order valence-electron chi connectivity index (χ1n) is 19.9. The molecule has 3 unspecified atom stereocenters. The third-order valence-electron chi connectivity index (χ3n) is 12.1. The highest BCUT2D eigenvalue weighted by Gasteiger charge is 2.39. The lowest BCUT2D eigenvalue weighted by molar-refractivity contribution is -0.135. The van der Waals surface area contributed by atoms with Gasteiger partial charge in [0.25, 0.3) is 0 Å². The third-order valence-corrected chi connectivity index (χ3v) is 12.1. The molecule has 55 heavy (non-hydrogen) atoms. The summed E-state index contributed by atoms with van der Waals surface area (Å²) in [5.41, 5.74) is 6.95. The Bertz CT molecular complexity index is 2260. The maximum absolute atomic E-state index is 13.3. The van der Waals surface area contributed by atoms with Gasteiger partial charge in [-0.2, -0.15) is 0 Å². The van der Waals surface area contributed by atoms with Crippen LogP contribution >= 0.6 is 0 Å². The number of rotatable bonds is 10. The number of nitrogens with one attached hydrogen (secondary N) is 3. The maximum atomic E-state index is 13.3. The van der Waals surface area contributed by atoms with Crippen LogP contribution in [-0.2, 0) is 20.9 Å². The van der Waals surface area contributed by atoms with E-state index in [4.69, 9.17) is 14.7 Å². The first-order valence-corrected chi connectivity index (χ1v) is 19.9. The standard InChI is InChI=1S/C43H51N7O5/c1-6-8-26-16-36(49(22-26)39(52)21-45-43(53)54-5)42-46-33-13-11-27-18-32-30-12-10-28(17-29(30)23-55-37(32)19-31(27)40(33)48-42)34-20-44-41(47-34)35-14-9-25(4)50(35)38(51)15-24(3)7-2/h10-13,17-20,24-26,35-36H,6-9,14-16,21-23H2,1-5H3,(H,44,47)(H,45,53)(H,46,48)/t24?,25-,26-,35?,36?/m0/s1. The van der Waals surface area contributed by atoms with Gasteiger partial charge in [0.1, 0.15) is 30.5 Å². The minimum absolute atomic E-state index is 0.0358. The lowest BCUT2D eigenvalue weighted by atomic mass is 9.92. The largest absolute Gasteiger partial charge is 0.488 e. The summed E-state index contributed by atoms with van der Waals surface area (Å²) < 4.78 is 11.1. The Hall–Kier alpha value is -5.39. The molecule has 3 aliphatic rings. The van der Waals surface area contributed by atoms with Crippen molar-refractivity contribution in [2.75, 3.05) is 20.2 Å². The van der Waals surface area contributed by atoms with Crippen molar-refractivity contribution in [2.45, 2.75) is 97.4 Å². The number of likely N-dealkylation sites (tertiary alicyclic amines) is 2. The predicted molar refractivity (Wildman–Crippen MR) is 211 cm³/mol. The Morgan fingerprint density at radius 2 is 1.87 bits per heavy atom. The predicted octanol–water partition coefficient (Wildman–Crippen LogP) is 8.20. The molecule has 0 bridgehead atoms. The second-order valence-corrected chi connectivity index (χ2v) is 15.8. The molecule has 0 radical (unpaired) electrons. The van der Waals surface area contributed by atoms with Gasteiger partial charge in [0.2, 0.25) is 11.8 Å². The molecule has 2 saturated heterocycles.